The zero-order chi connectivity index (χ0) is 17.2. The van der Waals surface area contributed by atoms with E-state index in [2.05, 4.69) is 5.32 Å². The van der Waals surface area contributed by atoms with Crippen LogP contribution in [0.1, 0.15) is 32.3 Å². The second-order valence-corrected chi connectivity index (χ2v) is 8.09. The first kappa shape index (κ1) is 17.7. The molecule has 1 aliphatic rings. The van der Waals surface area contributed by atoms with Gasteiger partial charge in [0.15, 0.2) is 0 Å². The van der Waals surface area contributed by atoms with E-state index >= 15 is 0 Å². The molecule has 0 spiro atoms. The first-order valence-corrected chi connectivity index (χ1v) is 9.76. The van der Waals surface area contributed by atoms with Gasteiger partial charge in [-0.2, -0.15) is 0 Å². The number of nitrogens with zero attached hydrogens (tertiary/aromatic N) is 1. The molecule has 6 nitrogen and oxygen atoms in total. The minimum absolute atomic E-state index is 0.0835. The average molecular weight is 339 g/mol. The van der Waals surface area contributed by atoms with E-state index in [0.717, 1.165) is 24.8 Å². The molecular weight excluding hydrogens is 314 g/mol. The van der Waals surface area contributed by atoms with Crippen molar-refractivity contribution in [2.24, 2.45) is 11.7 Å². The molecule has 2 atom stereocenters. The molecule has 0 saturated carbocycles. The number of nitrogens with one attached hydrogen (secondary N) is 1. The molecule has 2 rings (SSSR count). The Bertz CT molecular complexity index is 688. The standard InChI is InChI=1S/C16H25N3O3S/c1-4-11(2)15(17)16(20)18-13-8-7-12-6-5-9-19(14(12)10-13)23(3,21)22/h7-8,10-11,15H,4-6,9,17H2,1-3H3,(H,18,20)/t11?,15-/m0/s1. The Balaban J connectivity index is 2.25. The highest BCUT2D eigenvalue weighted by Gasteiger charge is 2.25. The maximum Gasteiger partial charge on any atom is 0.241 e. The lowest BCUT2D eigenvalue weighted by molar-refractivity contribution is -0.118. The van der Waals surface area contributed by atoms with Crippen LogP contribution in [-0.4, -0.2) is 33.2 Å². The Hall–Kier alpha value is -1.60. The SMILES string of the molecule is CCC(C)[C@H](N)C(=O)Nc1ccc2c(c1)N(S(C)(=O)=O)CCC2. The van der Waals surface area contributed by atoms with Crippen molar-refractivity contribution in [1.82, 2.24) is 0 Å². The Morgan fingerprint density at radius 2 is 2.13 bits per heavy atom. The average Bonchev–Trinajstić information content (AvgIpc) is 2.51. The van der Waals surface area contributed by atoms with Gasteiger partial charge in [0.1, 0.15) is 0 Å². The van der Waals surface area contributed by atoms with Crippen molar-refractivity contribution in [3.8, 4) is 0 Å². The van der Waals surface area contributed by atoms with Crippen LogP contribution >= 0.6 is 0 Å². The molecular formula is C16H25N3O3S. The van der Waals surface area contributed by atoms with Crippen LogP contribution in [-0.2, 0) is 21.2 Å². The van der Waals surface area contributed by atoms with E-state index in [-0.39, 0.29) is 11.8 Å². The van der Waals surface area contributed by atoms with Crippen LogP contribution < -0.4 is 15.4 Å². The van der Waals surface area contributed by atoms with Gasteiger partial charge in [-0.1, -0.05) is 26.3 Å². The van der Waals surface area contributed by atoms with Crippen molar-refractivity contribution in [2.75, 3.05) is 22.4 Å². The van der Waals surface area contributed by atoms with Crippen molar-refractivity contribution in [3.63, 3.8) is 0 Å². The van der Waals surface area contributed by atoms with Gasteiger partial charge in [0.05, 0.1) is 18.0 Å². The van der Waals surface area contributed by atoms with Crippen LogP contribution in [0.15, 0.2) is 18.2 Å². The molecule has 128 valence electrons. The number of fused-ring (bicyclic) bond motifs is 1. The van der Waals surface area contributed by atoms with Gasteiger partial charge in [0.2, 0.25) is 15.9 Å². The Morgan fingerprint density at radius 3 is 2.74 bits per heavy atom. The highest BCUT2D eigenvalue weighted by Crippen LogP contribution is 2.31. The molecule has 0 bridgehead atoms. The Kier molecular flexibility index (Phi) is 5.31. The largest absolute Gasteiger partial charge is 0.325 e. The molecule has 1 amide bonds. The van der Waals surface area contributed by atoms with Gasteiger partial charge in [-0.05, 0) is 36.5 Å². The molecule has 0 aliphatic carbocycles. The molecule has 0 aromatic heterocycles. The summed E-state index contributed by atoms with van der Waals surface area (Å²) < 4.78 is 25.3. The topological polar surface area (TPSA) is 92.5 Å². The molecule has 0 radical (unpaired) electrons. The summed E-state index contributed by atoms with van der Waals surface area (Å²) in [6.45, 7) is 4.39. The van der Waals surface area contributed by atoms with E-state index in [1.807, 2.05) is 19.9 Å². The van der Waals surface area contributed by atoms with Gasteiger partial charge in [0, 0.05) is 12.2 Å². The molecule has 23 heavy (non-hydrogen) atoms. The molecule has 1 aromatic rings. The summed E-state index contributed by atoms with van der Waals surface area (Å²) in [5.74, 6) is -0.166. The molecule has 0 saturated heterocycles. The maximum atomic E-state index is 12.2. The summed E-state index contributed by atoms with van der Waals surface area (Å²) >= 11 is 0. The second-order valence-electron chi connectivity index (χ2n) is 6.18. The number of amides is 1. The number of rotatable bonds is 5. The zero-order valence-corrected chi connectivity index (χ0v) is 14.7. The first-order valence-electron chi connectivity index (χ1n) is 7.91. The van der Waals surface area contributed by atoms with Crippen molar-refractivity contribution >= 4 is 27.3 Å². The summed E-state index contributed by atoms with van der Waals surface area (Å²) in [5, 5.41) is 2.79. The number of anilines is 2. The normalized spacial score (nSPS) is 17.3. The summed E-state index contributed by atoms with van der Waals surface area (Å²) in [4.78, 5) is 12.2. The highest BCUT2D eigenvalue weighted by molar-refractivity contribution is 7.92. The smallest absolute Gasteiger partial charge is 0.241 e. The van der Waals surface area contributed by atoms with E-state index in [4.69, 9.17) is 5.73 Å². The summed E-state index contributed by atoms with van der Waals surface area (Å²) in [6.07, 6.45) is 3.65. The summed E-state index contributed by atoms with van der Waals surface area (Å²) in [6, 6.07) is 4.81. The third-order valence-corrected chi connectivity index (χ3v) is 5.57. The van der Waals surface area contributed by atoms with Crippen LogP contribution in [0.4, 0.5) is 11.4 Å². The lowest BCUT2D eigenvalue weighted by Crippen LogP contribution is -2.40. The number of benzene rings is 1. The second kappa shape index (κ2) is 6.88. The first-order chi connectivity index (χ1) is 10.7. The molecule has 1 unspecified atom stereocenters. The molecule has 7 heteroatoms. The third kappa shape index (κ3) is 4.03. The van der Waals surface area contributed by atoms with Gasteiger partial charge >= 0.3 is 0 Å². The van der Waals surface area contributed by atoms with Crippen LogP contribution in [0.3, 0.4) is 0 Å². The third-order valence-electron chi connectivity index (χ3n) is 4.39. The number of sulfonamides is 1. The van der Waals surface area contributed by atoms with E-state index in [1.165, 1.54) is 10.6 Å². The molecule has 0 fully saturated rings. The Morgan fingerprint density at radius 1 is 1.43 bits per heavy atom. The number of aryl methyl sites for hydroxylation is 1. The monoisotopic (exact) mass is 339 g/mol. The van der Waals surface area contributed by atoms with E-state index in [9.17, 15) is 13.2 Å². The summed E-state index contributed by atoms with van der Waals surface area (Å²) in [7, 11) is -3.32. The van der Waals surface area contributed by atoms with Crippen LogP contribution in [0.5, 0.6) is 0 Å². The fourth-order valence-corrected chi connectivity index (χ4v) is 3.69. The summed E-state index contributed by atoms with van der Waals surface area (Å²) in [5.41, 5.74) is 8.13. The van der Waals surface area contributed by atoms with Gasteiger partial charge in [0.25, 0.3) is 0 Å². The zero-order valence-electron chi connectivity index (χ0n) is 13.9. The fourth-order valence-electron chi connectivity index (χ4n) is 2.70. The lowest BCUT2D eigenvalue weighted by Gasteiger charge is -2.29. The van der Waals surface area contributed by atoms with E-state index in [1.54, 1.807) is 12.1 Å². The van der Waals surface area contributed by atoms with Gasteiger partial charge in [-0.3, -0.25) is 9.10 Å². The van der Waals surface area contributed by atoms with Gasteiger partial charge < -0.3 is 11.1 Å². The predicted molar refractivity (Wildman–Crippen MR) is 93.0 cm³/mol. The Labute approximate surface area is 138 Å². The lowest BCUT2D eigenvalue weighted by atomic mass is 9.99. The minimum atomic E-state index is -3.32. The van der Waals surface area contributed by atoms with E-state index < -0.39 is 16.1 Å². The number of hydrogen-bond donors (Lipinski definition) is 2. The van der Waals surface area contributed by atoms with Gasteiger partial charge in [-0.25, -0.2) is 8.42 Å². The number of hydrogen-bond acceptors (Lipinski definition) is 4. The quantitative estimate of drug-likeness (QED) is 0.854. The van der Waals surface area contributed by atoms with Gasteiger partial charge in [-0.15, -0.1) is 0 Å². The van der Waals surface area contributed by atoms with Crippen molar-refractivity contribution in [1.29, 1.82) is 0 Å². The predicted octanol–water partition coefficient (Wildman–Crippen LogP) is 1.71. The maximum absolute atomic E-state index is 12.2. The molecule has 1 heterocycles. The van der Waals surface area contributed by atoms with Crippen molar-refractivity contribution in [2.45, 2.75) is 39.2 Å². The van der Waals surface area contributed by atoms with E-state index in [0.29, 0.717) is 17.9 Å². The number of nitrogens with two attached hydrogens (primary N) is 1. The van der Waals surface area contributed by atoms with Crippen LogP contribution in [0, 0.1) is 5.92 Å². The molecule has 3 N–H and O–H groups in total. The van der Waals surface area contributed by atoms with Crippen molar-refractivity contribution in [3.05, 3.63) is 23.8 Å². The fraction of sp³-hybridized carbons (Fsp3) is 0.562. The molecule has 1 aromatic carbocycles. The minimum Gasteiger partial charge on any atom is -0.325 e. The van der Waals surface area contributed by atoms with Crippen LogP contribution in [0.2, 0.25) is 0 Å². The number of carbonyl (C=O) groups excluding carboxylic acids is 1. The highest BCUT2D eigenvalue weighted by atomic mass is 32.2. The van der Waals surface area contributed by atoms with Crippen molar-refractivity contribution < 1.29 is 13.2 Å². The molecule has 1 aliphatic heterocycles. The number of carbonyl (C=O) groups is 1. The van der Waals surface area contributed by atoms with Crippen LogP contribution in [0.25, 0.3) is 0 Å².